The number of aliphatic hydroxyl groups excluding tert-OH is 1. The van der Waals surface area contributed by atoms with Crippen molar-refractivity contribution in [3.8, 4) is 0 Å². The third kappa shape index (κ3) is 2.15. The van der Waals surface area contributed by atoms with Gasteiger partial charge >= 0.3 is 5.69 Å². The van der Waals surface area contributed by atoms with Crippen LogP contribution in [0.15, 0.2) is 34.0 Å². The number of nitrogens with one attached hydrogen (secondary N) is 1. The monoisotopic (exact) mass is 300 g/mol. The fourth-order valence-electron chi connectivity index (χ4n) is 2.41. The maximum atomic E-state index is 14.6. The lowest BCUT2D eigenvalue weighted by Gasteiger charge is -2.32. The van der Waals surface area contributed by atoms with Crippen LogP contribution in [0, 0.1) is 0 Å². The zero-order valence-corrected chi connectivity index (χ0v) is 11.7. The largest absolute Gasteiger partial charge is 0.384 e. The molecule has 2 heterocycles. The molecule has 3 N–H and O–H groups in total. The minimum absolute atomic E-state index is 0.0334. The summed E-state index contributed by atoms with van der Waals surface area (Å²) in [6, 6.07) is 1.03. The molecule has 0 bridgehead atoms. The van der Waals surface area contributed by atoms with Crippen LogP contribution < -0.4 is 11.2 Å². The van der Waals surface area contributed by atoms with E-state index in [1.54, 1.807) is 0 Å². The Bertz CT molecular complexity index is 684. The van der Waals surface area contributed by atoms with E-state index in [1.165, 1.54) is 13.8 Å². The van der Waals surface area contributed by atoms with Crippen molar-refractivity contribution in [1.82, 2.24) is 9.55 Å². The first-order valence-corrected chi connectivity index (χ1v) is 6.41. The zero-order valence-electron chi connectivity index (χ0n) is 11.7. The molecule has 1 fully saturated rings. The van der Waals surface area contributed by atoms with Crippen molar-refractivity contribution in [3.05, 3.63) is 45.3 Å². The Kier molecular flexibility index (Phi) is 3.64. The molecule has 1 aromatic rings. The third-order valence-corrected chi connectivity index (χ3v) is 3.78. The third-order valence-electron chi connectivity index (χ3n) is 3.78. The second-order valence-electron chi connectivity index (χ2n) is 5.14. The highest BCUT2D eigenvalue weighted by atomic mass is 19.2. The van der Waals surface area contributed by atoms with E-state index in [1.807, 2.05) is 4.98 Å². The van der Waals surface area contributed by atoms with Gasteiger partial charge in [0.25, 0.3) is 5.56 Å². The maximum absolute atomic E-state index is 14.6. The highest BCUT2D eigenvalue weighted by molar-refractivity contribution is 5.21. The van der Waals surface area contributed by atoms with Crippen molar-refractivity contribution < 1.29 is 19.3 Å². The molecule has 0 aliphatic carbocycles. The second kappa shape index (κ2) is 4.90. The number of aliphatic hydroxyl groups is 2. The van der Waals surface area contributed by atoms with Gasteiger partial charge in [-0.1, -0.05) is 13.5 Å². The summed E-state index contributed by atoms with van der Waals surface area (Å²) in [6.45, 7) is 6.36. The lowest BCUT2D eigenvalue weighted by Crippen LogP contribution is -2.51. The Morgan fingerprint density at radius 1 is 1.62 bits per heavy atom. The summed E-state index contributed by atoms with van der Waals surface area (Å²) in [6.07, 6.45) is -2.64. The molecule has 116 valence electrons. The summed E-state index contributed by atoms with van der Waals surface area (Å²) in [5, 5.41) is 20.8. The molecule has 1 saturated heterocycles. The first-order chi connectivity index (χ1) is 9.66. The number of hydrogen-bond acceptors (Lipinski definition) is 5. The number of rotatable bonds is 3. The summed E-state index contributed by atoms with van der Waals surface area (Å²) >= 11 is 0. The van der Waals surface area contributed by atoms with Gasteiger partial charge in [-0.25, -0.2) is 9.18 Å². The summed E-state index contributed by atoms with van der Waals surface area (Å²) in [5.41, 5.74) is -3.70. The standard InChI is InChI=1S/C13H17FN2O5/c1-4-12(14)9(18)13(20,7(2)3)10(21-12)16-6-5-8(17)15-11(16)19/h5-6,9-10,18,20H,2,4H2,1,3H3,(H,15,17,19)/t9-,10-,12-,13-/m1/s1. The molecule has 8 heteroatoms. The maximum Gasteiger partial charge on any atom is 0.330 e. The van der Waals surface area contributed by atoms with E-state index in [0.717, 1.165) is 16.8 Å². The molecule has 1 aliphatic heterocycles. The van der Waals surface area contributed by atoms with E-state index in [4.69, 9.17) is 4.74 Å². The molecule has 21 heavy (non-hydrogen) atoms. The van der Waals surface area contributed by atoms with Crippen LogP contribution in [0.5, 0.6) is 0 Å². The Morgan fingerprint density at radius 3 is 2.71 bits per heavy atom. The van der Waals surface area contributed by atoms with E-state index in [0.29, 0.717) is 0 Å². The number of aromatic nitrogens is 2. The Morgan fingerprint density at radius 2 is 2.24 bits per heavy atom. The molecule has 0 aromatic carbocycles. The molecular weight excluding hydrogens is 283 g/mol. The van der Waals surface area contributed by atoms with Crippen molar-refractivity contribution in [1.29, 1.82) is 0 Å². The van der Waals surface area contributed by atoms with Gasteiger partial charge in [-0.15, -0.1) is 0 Å². The van der Waals surface area contributed by atoms with Gasteiger partial charge in [0.1, 0.15) is 6.10 Å². The number of halogens is 1. The predicted octanol–water partition coefficient (Wildman–Crippen LogP) is -0.191. The van der Waals surface area contributed by atoms with Crippen LogP contribution in [-0.4, -0.2) is 37.3 Å². The van der Waals surface area contributed by atoms with Crippen molar-refractivity contribution in [2.24, 2.45) is 0 Å². The fourth-order valence-corrected chi connectivity index (χ4v) is 2.41. The van der Waals surface area contributed by atoms with E-state index in [-0.39, 0.29) is 12.0 Å². The van der Waals surface area contributed by atoms with Gasteiger partial charge in [0, 0.05) is 18.7 Å². The molecule has 1 aromatic heterocycles. The molecule has 7 nitrogen and oxygen atoms in total. The van der Waals surface area contributed by atoms with Crippen molar-refractivity contribution in [2.45, 2.75) is 44.1 Å². The van der Waals surface area contributed by atoms with Crippen molar-refractivity contribution in [3.63, 3.8) is 0 Å². The molecule has 1 aliphatic rings. The average Bonchev–Trinajstić information content (AvgIpc) is 2.62. The predicted molar refractivity (Wildman–Crippen MR) is 71.3 cm³/mol. The van der Waals surface area contributed by atoms with Gasteiger partial charge in [0.2, 0.25) is 5.85 Å². The highest BCUT2D eigenvalue weighted by Gasteiger charge is 2.64. The van der Waals surface area contributed by atoms with E-state index < -0.39 is 35.0 Å². The topological polar surface area (TPSA) is 105 Å². The van der Waals surface area contributed by atoms with Gasteiger partial charge in [0.15, 0.2) is 11.8 Å². The molecular formula is C13H17FN2O5. The average molecular weight is 300 g/mol. The van der Waals surface area contributed by atoms with Gasteiger partial charge in [-0.2, -0.15) is 0 Å². The molecule has 0 spiro atoms. The Balaban J connectivity index is 2.63. The molecule has 4 atom stereocenters. The number of hydrogen-bond donors (Lipinski definition) is 3. The summed E-state index contributed by atoms with van der Waals surface area (Å²) in [5.74, 6) is -2.53. The van der Waals surface area contributed by atoms with Crippen LogP contribution in [0.1, 0.15) is 26.5 Å². The number of ether oxygens (including phenoxy) is 1. The first-order valence-electron chi connectivity index (χ1n) is 6.41. The van der Waals surface area contributed by atoms with Gasteiger partial charge in [-0.05, 0) is 12.5 Å². The van der Waals surface area contributed by atoms with Gasteiger partial charge in [-0.3, -0.25) is 14.3 Å². The molecule has 0 amide bonds. The van der Waals surface area contributed by atoms with Gasteiger partial charge in [0.05, 0.1) is 0 Å². The quantitative estimate of drug-likeness (QED) is 0.671. The van der Waals surface area contributed by atoms with E-state index in [2.05, 4.69) is 6.58 Å². The van der Waals surface area contributed by atoms with Crippen LogP contribution in [0.4, 0.5) is 4.39 Å². The molecule has 0 radical (unpaired) electrons. The van der Waals surface area contributed by atoms with Gasteiger partial charge < -0.3 is 14.9 Å². The summed E-state index contributed by atoms with van der Waals surface area (Å²) in [4.78, 5) is 24.9. The van der Waals surface area contributed by atoms with E-state index >= 15 is 0 Å². The lowest BCUT2D eigenvalue weighted by molar-refractivity contribution is -0.188. The first kappa shape index (κ1) is 15.6. The molecule has 0 unspecified atom stereocenters. The van der Waals surface area contributed by atoms with E-state index in [9.17, 15) is 24.2 Å². The number of H-pyrrole nitrogens is 1. The van der Waals surface area contributed by atoms with Crippen LogP contribution >= 0.6 is 0 Å². The highest BCUT2D eigenvalue weighted by Crippen LogP contribution is 2.49. The summed E-state index contributed by atoms with van der Waals surface area (Å²) in [7, 11) is 0. The fraction of sp³-hybridized carbons (Fsp3) is 0.538. The molecule has 2 rings (SSSR count). The SMILES string of the molecule is C=C(C)[C@]1(O)[C@H](n2ccc(=O)[nH]c2=O)O[C@](F)(CC)[C@H]1O. The minimum atomic E-state index is -2.53. The second-order valence-corrected chi connectivity index (χ2v) is 5.14. The minimum Gasteiger partial charge on any atom is -0.384 e. The van der Waals surface area contributed by atoms with Crippen LogP contribution in [0.3, 0.4) is 0 Å². The van der Waals surface area contributed by atoms with Crippen molar-refractivity contribution >= 4 is 0 Å². The van der Waals surface area contributed by atoms with Crippen LogP contribution in [0.2, 0.25) is 0 Å². The zero-order chi connectivity index (χ0) is 16.0. The normalized spacial score (nSPS) is 35.9. The smallest absolute Gasteiger partial charge is 0.330 e. The van der Waals surface area contributed by atoms with Crippen LogP contribution in [-0.2, 0) is 4.74 Å². The number of nitrogens with zero attached hydrogens (tertiary/aromatic N) is 1. The number of aromatic amines is 1. The number of alkyl halides is 1. The lowest BCUT2D eigenvalue weighted by atomic mass is 9.86. The summed E-state index contributed by atoms with van der Waals surface area (Å²) < 4.78 is 20.5. The Labute approximate surface area is 119 Å². The molecule has 0 saturated carbocycles. The van der Waals surface area contributed by atoms with Crippen LogP contribution in [0.25, 0.3) is 0 Å². The Hall–Kier alpha value is -1.77. The van der Waals surface area contributed by atoms with Crippen molar-refractivity contribution in [2.75, 3.05) is 0 Å².